The monoisotopic (exact) mass is 280 g/mol. The van der Waals surface area contributed by atoms with Gasteiger partial charge in [-0.2, -0.15) is 0 Å². The second kappa shape index (κ2) is 4.85. The molecule has 0 aliphatic carbocycles. The molecule has 2 rings (SSSR count). The van der Waals surface area contributed by atoms with E-state index in [9.17, 15) is 4.79 Å². The smallest absolute Gasteiger partial charge is 0.357 e. The van der Waals surface area contributed by atoms with Crippen molar-refractivity contribution in [3.05, 3.63) is 34.9 Å². The first kappa shape index (κ1) is 13.9. The number of rotatable bonds is 2. The molecule has 0 aromatic carbocycles. The molecule has 4 nitrogen and oxygen atoms in total. The van der Waals surface area contributed by atoms with E-state index in [2.05, 4.69) is 4.98 Å². The predicted molar refractivity (Wildman–Crippen MR) is 75.0 cm³/mol. The second-order valence-corrected chi connectivity index (χ2v) is 5.45. The highest BCUT2D eigenvalue weighted by Gasteiger charge is 2.36. The van der Waals surface area contributed by atoms with Crippen LogP contribution in [0.1, 0.15) is 43.9 Å². The number of carbonyl (C=O) groups is 1. The van der Waals surface area contributed by atoms with E-state index in [0.717, 1.165) is 11.4 Å². The summed E-state index contributed by atoms with van der Waals surface area (Å²) in [6, 6.07) is 0. The Kier molecular flexibility index (Phi) is 3.54. The number of nitrogens with zero attached hydrogens (tertiary/aromatic N) is 2. The first-order chi connectivity index (χ1) is 8.89. The van der Waals surface area contributed by atoms with Crippen molar-refractivity contribution in [2.75, 3.05) is 0 Å². The Morgan fingerprint density at radius 1 is 1.47 bits per heavy atom. The van der Waals surface area contributed by atoms with Gasteiger partial charge < -0.3 is 4.74 Å². The summed E-state index contributed by atoms with van der Waals surface area (Å²) in [7, 11) is 0. The van der Waals surface area contributed by atoms with Crippen LogP contribution in [0.2, 0.25) is 0 Å². The second-order valence-electron chi connectivity index (χ2n) is 5.05. The summed E-state index contributed by atoms with van der Waals surface area (Å²) < 4.78 is 7.11. The SMILES string of the molecule is C/C=C(Cl)\C(=C/C)n1cnc2c1C(=O)OC(C)(C)C2. The lowest BCUT2D eigenvalue weighted by Gasteiger charge is -2.29. The van der Waals surface area contributed by atoms with Gasteiger partial charge in [0.2, 0.25) is 0 Å². The zero-order valence-corrected chi connectivity index (χ0v) is 12.3. The van der Waals surface area contributed by atoms with E-state index in [1.165, 1.54) is 0 Å². The molecule has 1 aromatic rings. The quantitative estimate of drug-likeness (QED) is 0.616. The highest BCUT2D eigenvalue weighted by Crippen LogP contribution is 2.30. The average molecular weight is 281 g/mol. The Morgan fingerprint density at radius 2 is 2.16 bits per heavy atom. The molecule has 0 amide bonds. The fourth-order valence-electron chi connectivity index (χ4n) is 2.19. The van der Waals surface area contributed by atoms with E-state index < -0.39 is 5.60 Å². The number of hydrogen-bond donors (Lipinski definition) is 0. The molecule has 0 atom stereocenters. The average Bonchev–Trinajstić information content (AvgIpc) is 2.72. The molecule has 0 N–H and O–H groups in total. The minimum atomic E-state index is -0.510. The minimum absolute atomic E-state index is 0.358. The lowest BCUT2D eigenvalue weighted by molar-refractivity contribution is -0.00791. The van der Waals surface area contributed by atoms with Crippen LogP contribution in [0.5, 0.6) is 0 Å². The third-order valence-electron chi connectivity index (χ3n) is 3.03. The summed E-state index contributed by atoms with van der Waals surface area (Å²) in [4.78, 5) is 16.5. The summed E-state index contributed by atoms with van der Waals surface area (Å²) in [5, 5.41) is 0.570. The van der Waals surface area contributed by atoms with E-state index in [4.69, 9.17) is 16.3 Å². The number of aromatic nitrogens is 2. The van der Waals surface area contributed by atoms with Crippen molar-refractivity contribution in [3.63, 3.8) is 0 Å². The Labute approximate surface area is 117 Å². The zero-order chi connectivity index (χ0) is 14.2. The van der Waals surface area contributed by atoms with E-state index in [0.29, 0.717) is 17.1 Å². The summed E-state index contributed by atoms with van der Waals surface area (Å²) in [5.41, 5.74) is 1.44. The highest BCUT2D eigenvalue weighted by molar-refractivity contribution is 6.35. The first-order valence-corrected chi connectivity index (χ1v) is 6.56. The fraction of sp³-hybridized carbons (Fsp3) is 0.429. The van der Waals surface area contributed by atoms with Crippen LogP contribution < -0.4 is 0 Å². The summed E-state index contributed by atoms with van der Waals surface area (Å²) in [6.07, 6.45) is 5.85. The Morgan fingerprint density at radius 3 is 2.74 bits per heavy atom. The normalized spacial score (nSPS) is 19.1. The molecule has 0 unspecified atom stereocenters. The molecule has 2 heterocycles. The maximum Gasteiger partial charge on any atom is 0.357 e. The Bertz CT molecular complexity index is 582. The number of hydrogen-bond acceptors (Lipinski definition) is 3. The van der Waals surface area contributed by atoms with Gasteiger partial charge >= 0.3 is 5.97 Å². The molecule has 1 aliphatic heterocycles. The van der Waals surface area contributed by atoms with Gasteiger partial charge in [0.25, 0.3) is 0 Å². The van der Waals surface area contributed by atoms with Crippen molar-refractivity contribution in [2.45, 2.75) is 39.7 Å². The summed E-state index contributed by atoms with van der Waals surface area (Å²) in [5.74, 6) is -0.358. The van der Waals surface area contributed by atoms with Gasteiger partial charge in [-0.15, -0.1) is 0 Å². The predicted octanol–water partition coefficient (Wildman–Crippen LogP) is 3.38. The summed E-state index contributed by atoms with van der Waals surface area (Å²) in [6.45, 7) is 7.47. The lowest BCUT2D eigenvalue weighted by atomic mass is 9.98. The van der Waals surface area contributed by atoms with Gasteiger partial charge in [-0.3, -0.25) is 4.57 Å². The number of ether oxygens (including phenoxy) is 1. The van der Waals surface area contributed by atoms with E-state index in [-0.39, 0.29) is 5.97 Å². The van der Waals surface area contributed by atoms with Gasteiger partial charge in [-0.1, -0.05) is 23.8 Å². The van der Waals surface area contributed by atoms with Gasteiger partial charge in [0.05, 0.1) is 16.4 Å². The van der Waals surface area contributed by atoms with Crippen LogP contribution in [0.3, 0.4) is 0 Å². The molecule has 102 valence electrons. The minimum Gasteiger partial charge on any atom is -0.455 e. The molecule has 0 fully saturated rings. The van der Waals surface area contributed by atoms with Gasteiger partial charge in [0, 0.05) is 6.42 Å². The standard InChI is InChI=1S/C14H17ClN2O2/c1-5-9(15)11(6-2)17-8-16-10-7-14(3,4)19-13(18)12(10)17/h5-6,8H,7H2,1-4H3/b9-5+,11-6+. The molecule has 1 aromatic heterocycles. The van der Waals surface area contributed by atoms with Gasteiger partial charge in [0.15, 0.2) is 5.69 Å². The van der Waals surface area contributed by atoms with Gasteiger partial charge in [0.1, 0.15) is 11.9 Å². The molecule has 5 heteroatoms. The van der Waals surface area contributed by atoms with Crippen molar-refractivity contribution in [3.8, 4) is 0 Å². The molecular weight excluding hydrogens is 264 g/mol. The van der Waals surface area contributed by atoms with E-state index in [1.807, 2.05) is 33.8 Å². The number of carbonyl (C=O) groups excluding carboxylic acids is 1. The zero-order valence-electron chi connectivity index (χ0n) is 11.5. The fourth-order valence-corrected chi connectivity index (χ4v) is 2.39. The van der Waals surface area contributed by atoms with Crippen LogP contribution in [0.25, 0.3) is 5.70 Å². The number of cyclic esters (lactones) is 1. The van der Waals surface area contributed by atoms with Crippen molar-refractivity contribution >= 4 is 23.3 Å². The molecule has 0 saturated heterocycles. The third-order valence-corrected chi connectivity index (χ3v) is 3.44. The van der Waals surface area contributed by atoms with Crippen LogP contribution in [-0.2, 0) is 11.2 Å². The van der Waals surface area contributed by atoms with Crippen LogP contribution in [0, 0.1) is 0 Å². The van der Waals surface area contributed by atoms with Crippen LogP contribution in [0.15, 0.2) is 23.5 Å². The van der Waals surface area contributed by atoms with Gasteiger partial charge in [-0.05, 0) is 27.7 Å². The molecule has 19 heavy (non-hydrogen) atoms. The number of fused-ring (bicyclic) bond motifs is 1. The Hall–Kier alpha value is -1.55. The molecule has 0 spiro atoms. The van der Waals surface area contributed by atoms with Crippen LogP contribution in [-0.4, -0.2) is 21.1 Å². The van der Waals surface area contributed by atoms with Crippen LogP contribution >= 0.6 is 11.6 Å². The van der Waals surface area contributed by atoms with Crippen molar-refractivity contribution in [1.29, 1.82) is 0 Å². The molecule has 0 radical (unpaired) electrons. The maximum atomic E-state index is 12.1. The number of esters is 1. The number of imidazole rings is 1. The summed E-state index contributed by atoms with van der Waals surface area (Å²) >= 11 is 6.16. The Balaban J connectivity index is 2.54. The van der Waals surface area contributed by atoms with Gasteiger partial charge in [-0.25, -0.2) is 9.78 Å². The number of halogens is 1. The molecular formula is C14H17ClN2O2. The maximum absolute atomic E-state index is 12.1. The first-order valence-electron chi connectivity index (χ1n) is 6.18. The highest BCUT2D eigenvalue weighted by atomic mass is 35.5. The molecule has 1 aliphatic rings. The molecule has 0 saturated carbocycles. The molecule has 0 bridgehead atoms. The topological polar surface area (TPSA) is 44.1 Å². The third kappa shape index (κ3) is 2.45. The van der Waals surface area contributed by atoms with Crippen molar-refractivity contribution in [1.82, 2.24) is 9.55 Å². The lowest BCUT2D eigenvalue weighted by Crippen LogP contribution is -2.36. The van der Waals surface area contributed by atoms with Crippen molar-refractivity contribution < 1.29 is 9.53 Å². The van der Waals surface area contributed by atoms with E-state index in [1.54, 1.807) is 17.0 Å². The largest absolute Gasteiger partial charge is 0.455 e. The van der Waals surface area contributed by atoms with Crippen LogP contribution in [0.4, 0.5) is 0 Å². The van der Waals surface area contributed by atoms with Crippen molar-refractivity contribution in [2.24, 2.45) is 0 Å². The van der Waals surface area contributed by atoms with E-state index >= 15 is 0 Å². The number of allylic oxidation sites excluding steroid dienone is 4.